The Kier molecular flexibility index (Phi) is 4.64. The molecule has 1 N–H and O–H groups in total. The van der Waals surface area contributed by atoms with E-state index in [0.717, 1.165) is 22.7 Å². The van der Waals surface area contributed by atoms with Crippen LogP contribution in [0.4, 0.5) is 0 Å². The second-order valence-corrected chi connectivity index (χ2v) is 6.58. The number of carbonyl (C=O) groups is 1. The Morgan fingerprint density at radius 2 is 1.89 bits per heavy atom. The maximum Gasteiger partial charge on any atom is 0.274 e. The van der Waals surface area contributed by atoms with E-state index < -0.39 is 6.10 Å². The van der Waals surface area contributed by atoms with Crippen LogP contribution in [0.1, 0.15) is 16.9 Å². The molecule has 6 heteroatoms. The van der Waals surface area contributed by atoms with Gasteiger partial charge in [-0.2, -0.15) is 5.10 Å². The number of methoxy groups -OCH3 is 1. The number of ether oxygens (including phenoxy) is 1. The predicted molar refractivity (Wildman–Crippen MR) is 102 cm³/mol. The monoisotopic (exact) mass is 363 g/mol. The molecule has 1 atom stereocenters. The van der Waals surface area contributed by atoms with Gasteiger partial charge < -0.3 is 14.7 Å². The van der Waals surface area contributed by atoms with Gasteiger partial charge in [-0.05, 0) is 36.8 Å². The molecule has 1 saturated heterocycles. The molecule has 138 valence electrons. The zero-order chi connectivity index (χ0) is 18.8. The van der Waals surface area contributed by atoms with Gasteiger partial charge in [0.1, 0.15) is 5.75 Å². The third kappa shape index (κ3) is 3.44. The zero-order valence-electron chi connectivity index (χ0n) is 15.1. The second-order valence-electron chi connectivity index (χ2n) is 6.58. The summed E-state index contributed by atoms with van der Waals surface area (Å²) in [6.07, 6.45) is 0.155. The lowest BCUT2D eigenvalue weighted by molar-refractivity contribution is 0.0758. The average Bonchev–Trinajstić information content (AvgIpc) is 3.35. The third-order valence-corrected chi connectivity index (χ3v) is 4.77. The number of rotatable bonds is 4. The Labute approximate surface area is 157 Å². The number of benzene rings is 2. The van der Waals surface area contributed by atoms with Crippen LogP contribution < -0.4 is 4.74 Å². The largest absolute Gasteiger partial charge is 0.497 e. The summed E-state index contributed by atoms with van der Waals surface area (Å²) in [5, 5.41) is 14.3. The fraction of sp³-hybridized carbons (Fsp3) is 0.238. The molecular formula is C21H21N3O3. The minimum absolute atomic E-state index is 0.156. The number of nitrogens with zero attached hydrogens (tertiary/aromatic N) is 3. The lowest BCUT2D eigenvalue weighted by atomic mass is 10.1. The van der Waals surface area contributed by atoms with Gasteiger partial charge >= 0.3 is 0 Å². The van der Waals surface area contributed by atoms with Gasteiger partial charge in [-0.3, -0.25) is 4.79 Å². The number of aliphatic hydroxyl groups is 1. The minimum Gasteiger partial charge on any atom is -0.497 e. The molecule has 3 aromatic rings. The molecule has 0 saturated carbocycles. The van der Waals surface area contributed by atoms with Gasteiger partial charge in [-0.15, -0.1) is 0 Å². The number of aliphatic hydroxyl groups excluding tert-OH is 1. The van der Waals surface area contributed by atoms with E-state index in [1.54, 1.807) is 16.7 Å². The van der Waals surface area contributed by atoms with Crippen molar-refractivity contribution in [1.29, 1.82) is 0 Å². The molecule has 0 spiro atoms. The molecule has 1 aromatic heterocycles. The van der Waals surface area contributed by atoms with Crippen molar-refractivity contribution in [1.82, 2.24) is 14.7 Å². The van der Waals surface area contributed by atoms with Crippen molar-refractivity contribution in [2.75, 3.05) is 20.2 Å². The first-order valence-electron chi connectivity index (χ1n) is 8.93. The number of β-amino-alcohol motifs (C(OH)–C–C–N with tert-alkyl or cyclic N) is 1. The quantitative estimate of drug-likeness (QED) is 0.774. The van der Waals surface area contributed by atoms with Gasteiger partial charge in [-0.25, -0.2) is 4.68 Å². The van der Waals surface area contributed by atoms with Gasteiger partial charge in [-0.1, -0.05) is 30.3 Å². The highest BCUT2D eigenvalue weighted by molar-refractivity contribution is 5.94. The Hall–Kier alpha value is -3.12. The van der Waals surface area contributed by atoms with Crippen molar-refractivity contribution in [3.8, 4) is 22.7 Å². The molecule has 2 heterocycles. The maximum atomic E-state index is 12.8. The van der Waals surface area contributed by atoms with Crippen molar-refractivity contribution in [2.24, 2.45) is 0 Å². The van der Waals surface area contributed by atoms with Crippen LogP contribution in [-0.4, -0.2) is 52.0 Å². The summed E-state index contributed by atoms with van der Waals surface area (Å²) in [6.45, 7) is 0.908. The molecular weight excluding hydrogens is 342 g/mol. The predicted octanol–water partition coefficient (Wildman–Crippen LogP) is 2.75. The first-order valence-corrected chi connectivity index (χ1v) is 8.93. The van der Waals surface area contributed by atoms with E-state index in [4.69, 9.17) is 4.74 Å². The van der Waals surface area contributed by atoms with Crippen LogP contribution in [0.15, 0.2) is 60.7 Å². The standard InChI is InChI=1S/C21H21N3O3/c1-27-18-9-7-16(8-10-18)24-20(15-5-3-2-4-6-15)13-19(22-24)21(26)23-12-11-17(25)14-23/h2-10,13,17,25H,11-12,14H2,1H3/t17-/m1/s1. The molecule has 1 amide bonds. The molecule has 1 fully saturated rings. The number of carbonyl (C=O) groups excluding carboxylic acids is 1. The van der Waals surface area contributed by atoms with Crippen LogP contribution in [0.25, 0.3) is 16.9 Å². The first-order chi connectivity index (χ1) is 13.2. The van der Waals surface area contributed by atoms with Crippen molar-refractivity contribution < 1.29 is 14.6 Å². The molecule has 2 aromatic carbocycles. The van der Waals surface area contributed by atoms with E-state index in [0.29, 0.717) is 25.2 Å². The Bertz CT molecular complexity index is 935. The number of hydrogen-bond donors (Lipinski definition) is 1. The lowest BCUT2D eigenvalue weighted by Crippen LogP contribution is -2.29. The summed E-state index contributed by atoms with van der Waals surface area (Å²) in [5.74, 6) is 0.602. The number of aromatic nitrogens is 2. The third-order valence-electron chi connectivity index (χ3n) is 4.77. The molecule has 27 heavy (non-hydrogen) atoms. The summed E-state index contributed by atoms with van der Waals surface area (Å²) in [5.41, 5.74) is 3.03. The van der Waals surface area contributed by atoms with Crippen LogP contribution in [0.2, 0.25) is 0 Å². The Morgan fingerprint density at radius 3 is 2.52 bits per heavy atom. The van der Waals surface area contributed by atoms with E-state index >= 15 is 0 Å². The second kappa shape index (κ2) is 7.25. The van der Waals surface area contributed by atoms with Crippen LogP contribution in [0.5, 0.6) is 5.75 Å². The van der Waals surface area contributed by atoms with Crippen molar-refractivity contribution >= 4 is 5.91 Å². The fourth-order valence-corrected chi connectivity index (χ4v) is 3.31. The summed E-state index contributed by atoms with van der Waals surface area (Å²) >= 11 is 0. The highest BCUT2D eigenvalue weighted by atomic mass is 16.5. The van der Waals surface area contributed by atoms with Gasteiger partial charge in [0.15, 0.2) is 5.69 Å². The molecule has 1 aliphatic heterocycles. The summed E-state index contributed by atoms with van der Waals surface area (Å²) in [4.78, 5) is 14.5. The molecule has 0 unspecified atom stereocenters. The van der Waals surface area contributed by atoms with Crippen LogP contribution >= 0.6 is 0 Å². The molecule has 4 rings (SSSR count). The molecule has 0 bridgehead atoms. The van der Waals surface area contributed by atoms with E-state index in [-0.39, 0.29) is 5.91 Å². The van der Waals surface area contributed by atoms with Crippen LogP contribution in [0, 0.1) is 0 Å². The van der Waals surface area contributed by atoms with Gasteiger partial charge in [0.05, 0.1) is 24.6 Å². The smallest absolute Gasteiger partial charge is 0.274 e. The topological polar surface area (TPSA) is 67.6 Å². The fourth-order valence-electron chi connectivity index (χ4n) is 3.31. The highest BCUT2D eigenvalue weighted by Gasteiger charge is 2.28. The van der Waals surface area contributed by atoms with Crippen molar-refractivity contribution in [2.45, 2.75) is 12.5 Å². The molecule has 6 nitrogen and oxygen atoms in total. The molecule has 1 aliphatic rings. The van der Waals surface area contributed by atoms with E-state index in [9.17, 15) is 9.90 Å². The Balaban J connectivity index is 1.76. The van der Waals surface area contributed by atoms with Gasteiger partial charge in [0.25, 0.3) is 5.91 Å². The average molecular weight is 363 g/mol. The maximum absolute atomic E-state index is 12.8. The Morgan fingerprint density at radius 1 is 1.15 bits per heavy atom. The van der Waals surface area contributed by atoms with Crippen LogP contribution in [-0.2, 0) is 0 Å². The summed E-state index contributed by atoms with van der Waals surface area (Å²) in [6, 6.07) is 19.2. The van der Waals surface area contributed by atoms with Crippen molar-refractivity contribution in [3.05, 3.63) is 66.4 Å². The number of hydrogen-bond acceptors (Lipinski definition) is 4. The minimum atomic E-state index is -0.453. The normalized spacial score (nSPS) is 16.5. The van der Waals surface area contributed by atoms with E-state index in [1.807, 2.05) is 60.7 Å². The van der Waals surface area contributed by atoms with Crippen LogP contribution in [0.3, 0.4) is 0 Å². The van der Waals surface area contributed by atoms with Gasteiger partial charge in [0.2, 0.25) is 0 Å². The summed E-state index contributed by atoms with van der Waals surface area (Å²) in [7, 11) is 1.62. The van der Waals surface area contributed by atoms with Crippen molar-refractivity contribution in [3.63, 3.8) is 0 Å². The first kappa shape index (κ1) is 17.3. The van der Waals surface area contributed by atoms with E-state index in [2.05, 4.69) is 5.10 Å². The molecule has 0 aliphatic carbocycles. The zero-order valence-corrected chi connectivity index (χ0v) is 15.1. The van der Waals surface area contributed by atoms with Gasteiger partial charge in [0, 0.05) is 18.7 Å². The lowest BCUT2D eigenvalue weighted by Gasteiger charge is -2.13. The van der Waals surface area contributed by atoms with E-state index in [1.165, 1.54) is 0 Å². The summed E-state index contributed by atoms with van der Waals surface area (Å²) < 4.78 is 7.00. The number of amides is 1. The number of likely N-dealkylation sites (tertiary alicyclic amines) is 1. The molecule has 0 radical (unpaired) electrons. The highest BCUT2D eigenvalue weighted by Crippen LogP contribution is 2.26. The SMILES string of the molecule is COc1ccc(-n2nc(C(=O)N3CC[C@@H](O)C3)cc2-c2ccccc2)cc1.